The maximum atomic E-state index is 4.82. The van der Waals surface area contributed by atoms with Crippen LogP contribution in [0.1, 0.15) is 24.0 Å². The highest BCUT2D eigenvalue weighted by atomic mass is 15.3. The molecule has 0 bridgehead atoms. The van der Waals surface area contributed by atoms with Gasteiger partial charge in [-0.15, -0.1) is 0 Å². The van der Waals surface area contributed by atoms with Crippen molar-refractivity contribution < 1.29 is 0 Å². The quantitative estimate of drug-likeness (QED) is 0.577. The Morgan fingerprint density at radius 1 is 1.04 bits per heavy atom. The lowest BCUT2D eigenvalue weighted by Crippen LogP contribution is -2.20. The van der Waals surface area contributed by atoms with E-state index < -0.39 is 0 Å². The first-order valence-electron chi connectivity index (χ1n) is 9.32. The summed E-state index contributed by atoms with van der Waals surface area (Å²) in [6.45, 7) is 6.13. The van der Waals surface area contributed by atoms with Crippen LogP contribution in [0.5, 0.6) is 0 Å². The number of aryl methyl sites for hydroxylation is 3. The lowest BCUT2D eigenvalue weighted by Gasteiger charge is -2.16. The summed E-state index contributed by atoms with van der Waals surface area (Å²) in [6, 6.07) is 10.1. The summed E-state index contributed by atoms with van der Waals surface area (Å²) in [5.74, 6) is 1.45. The molecule has 7 nitrogen and oxygen atoms in total. The van der Waals surface area contributed by atoms with Crippen molar-refractivity contribution in [1.82, 2.24) is 29.7 Å². The Balaban J connectivity index is 1.72. The van der Waals surface area contributed by atoms with Gasteiger partial charge in [0, 0.05) is 48.9 Å². The zero-order valence-corrected chi connectivity index (χ0v) is 16.5. The third-order valence-electron chi connectivity index (χ3n) is 4.64. The predicted octanol–water partition coefficient (Wildman–Crippen LogP) is 3.48. The van der Waals surface area contributed by atoms with Crippen LogP contribution in [-0.4, -0.2) is 35.8 Å². The number of anilines is 1. The fourth-order valence-corrected chi connectivity index (χ4v) is 3.38. The van der Waals surface area contributed by atoms with E-state index in [0.717, 1.165) is 45.9 Å². The molecule has 28 heavy (non-hydrogen) atoms. The van der Waals surface area contributed by atoms with Crippen molar-refractivity contribution in [2.45, 2.75) is 33.2 Å². The summed E-state index contributed by atoms with van der Waals surface area (Å²) >= 11 is 0. The molecule has 0 fully saturated rings. The van der Waals surface area contributed by atoms with Crippen molar-refractivity contribution in [3.63, 3.8) is 0 Å². The summed E-state index contributed by atoms with van der Waals surface area (Å²) in [5, 5.41) is 9.04. The van der Waals surface area contributed by atoms with Gasteiger partial charge < -0.3 is 5.32 Å². The maximum absolute atomic E-state index is 4.82. The van der Waals surface area contributed by atoms with Crippen molar-refractivity contribution >= 4 is 16.9 Å². The molecule has 0 aliphatic carbocycles. The summed E-state index contributed by atoms with van der Waals surface area (Å²) in [7, 11) is 1.91. The first-order valence-corrected chi connectivity index (χ1v) is 9.32. The predicted molar refractivity (Wildman–Crippen MR) is 110 cm³/mol. The van der Waals surface area contributed by atoms with Crippen LogP contribution in [0.15, 0.2) is 42.7 Å². The van der Waals surface area contributed by atoms with Gasteiger partial charge in [0.15, 0.2) is 11.5 Å². The van der Waals surface area contributed by atoms with Gasteiger partial charge in [0.05, 0.1) is 11.1 Å². The molecule has 0 aromatic carbocycles. The summed E-state index contributed by atoms with van der Waals surface area (Å²) in [5.41, 5.74) is 4.72. The number of nitrogens with zero attached hydrogens (tertiary/aromatic N) is 6. The monoisotopic (exact) mass is 373 g/mol. The molecule has 7 heteroatoms. The smallest absolute Gasteiger partial charge is 0.164 e. The second-order valence-corrected chi connectivity index (χ2v) is 7.06. The van der Waals surface area contributed by atoms with Crippen LogP contribution in [-0.2, 0) is 13.5 Å². The Hall–Kier alpha value is -3.35. The van der Waals surface area contributed by atoms with Crippen LogP contribution in [0.3, 0.4) is 0 Å². The Bertz CT molecular complexity index is 1120. The third-order valence-corrected chi connectivity index (χ3v) is 4.64. The second-order valence-electron chi connectivity index (χ2n) is 7.06. The lowest BCUT2D eigenvalue weighted by atomic mass is 10.1. The molecular weight excluding hydrogens is 350 g/mol. The van der Waals surface area contributed by atoms with Crippen LogP contribution >= 0.6 is 0 Å². The largest absolute Gasteiger partial charge is 0.366 e. The molecule has 142 valence electrons. The van der Waals surface area contributed by atoms with Gasteiger partial charge in [0.25, 0.3) is 0 Å². The normalized spacial score (nSPS) is 12.3. The highest BCUT2D eigenvalue weighted by molar-refractivity contribution is 5.91. The highest BCUT2D eigenvalue weighted by Gasteiger charge is 2.17. The van der Waals surface area contributed by atoms with Crippen LogP contribution in [0.25, 0.3) is 22.4 Å². The van der Waals surface area contributed by atoms with E-state index in [1.807, 2.05) is 45.2 Å². The molecule has 0 radical (unpaired) electrons. The van der Waals surface area contributed by atoms with Crippen molar-refractivity contribution in [2.75, 3.05) is 5.32 Å². The molecule has 1 N–H and O–H groups in total. The molecule has 4 aromatic heterocycles. The number of hydrogen-bond donors (Lipinski definition) is 1. The molecular formula is C21H23N7. The van der Waals surface area contributed by atoms with Crippen LogP contribution in [0, 0.1) is 13.8 Å². The summed E-state index contributed by atoms with van der Waals surface area (Å²) in [6.07, 6.45) is 4.30. The van der Waals surface area contributed by atoms with Gasteiger partial charge in [0.1, 0.15) is 5.82 Å². The minimum Gasteiger partial charge on any atom is -0.366 e. The molecule has 4 heterocycles. The molecule has 0 unspecified atom stereocenters. The van der Waals surface area contributed by atoms with Crippen molar-refractivity contribution in [3.8, 4) is 11.4 Å². The van der Waals surface area contributed by atoms with E-state index in [1.165, 1.54) is 0 Å². The Morgan fingerprint density at radius 3 is 2.57 bits per heavy atom. The lowest BCUT2D eigenvalue weighted by molar-refractivity contribution is 0.762. The van der Waals surface area contributed by atoms with Gasteiger partial charge in [-0.25, -0.2) is 9.97 Å². The van der Waals surface area contributed by atoms with E-state index in [0.29, 0.717) is 5.82 Å². The van der Waals surface area contributed by atoms with Crippen LogP contribution in [0.2, 0.25) is 0 Å². The van der Waals surface area contributed by atoms with E-state index in [1.54, 1.807) is 17.1 Å². The first kappa shape index (κ1) is 18.0. The van der Waals surface area contributed by atoms with E-state index in [9.17, 15) is 0 Å². The summed E-state index contributed by atoms with van der Waals surface area (Å²) in [4.78, 5) is 18.3. The molecule has 0 spiro atoms. The van der Waals surface area contributed by atoms with Gasteiger partial charge in [-0.3, -0.25) is 14.6 Å². The molecule has 0 amide bonds. The van der Waals surface area contributed by atoms with E-state index in [-0.39, 0.29) is 6.04 Å². The number of fused-ring (bicyclic) bond motifs is 1. The zero-order valence-electron chi connectivity index (χ0n) is 16.5. The van der Waals surface area contributed by atoms with Crippen LogP contribution in [0.4, 0.5) is 5.82 Å². The molecule has 4 rings (SSSR count). The summed E-state index contributed by atoms with van der Waals surface area (Å²) < 4.78 is 1.80. The molecule has 0 saturated heterocycles. The van der Waals surface area contributed by atoms with E-state index in [2.05, 4.69) is 33.4 Å². The topological polar surface area (TPSA) is 81.4 Å². The zero-order chi connectivity index (χ0) is 19.7. The van der Waals surface area contributed by atoms with Gasteiger partial charge in [-0.1, -0.05) is 6.07 Å². The number of hydrogen-bond acceptors (Lipinski definition) is 6. The number of rotatable bonds is 5. The first-order chi connectivity index (χ1) is 13.5. The number of pyridine rings is 2. The molecule has 0 aliphatic rings. The molecule has 0 saturated carbocycles. The SMILES string of the molecule is Cc1cccc(C[C@H](C)Nc2nc(-c3ccncc3)nc3c2c(C)nn3C)n1. The van der Waals surface area contributed by atoms with Crippen molar-refractivity contribution in [2.24, 2.45) is 7.05 Å². The van der Waals surface area contributed by atoms with Gasteiger partial charge >= 0.3 is 0 Å². The van der Waals surface area contributed by atoms with Crippen LogP contribution < -0.4 is 5.32 Å². The molecule has 1 atom stereocenters. The number of nitrogens with one attached hydrogen (secondary N) is 1. The fourth-order valence-electron chi connectivity index (χ4n) is 3.38. The third kappa shape index (κ3) is 3.55. The van der Waals surface area contributed by atoms with Gasteiger partial charge in [-0.05, 0) is 45.0 Å². The Morgan fingerprint density at radius 2 is 1.82 bits per heavy atom. The molecule has 4 aromatic rings. The van der Waals surface area contributed by atoms with Crippen molar-refractivity contribution in [3.05, 3.63) is 59.8 Å². The average Bonchev–Trinajstić information content (AvgIpc) is 2.96. The standard InChI is InChI=1S/C21H23N7/c1-13-6-5-7-17(23-13)12-14(2)24-20-18-15(3)27-28(4)21(18)26-19(25-20)16-8-10-22-11-9-16/h5-11,14H,12H2,1-4H3,(H,24,25,26)/t14-/m0/s1. The number of aromatic nitrogens is 6. The average molecular weight is 373 g/mol. The Kier molecular flexibility index (Phi) is 4.73. The van der Waals surface area contributed by atoms with Gasteiger partial charge in [-0.2, -0.15) is 5.10 Å². The van der Waals surface area contributed by atoms with Gasteiger partial charge in [0.2, 0.25) is 0 Å². The minimum absolute atomic E-state index is 0.150. The maximum Gasteiger partial charge on any atom is 0.164 e. The Labute approximate surface area is 163 Å². The molecule has 0 aliphatic heterocycles. The highest BCUT2D eigenvalue weighted by Crippen LogP contribution is 2.27. The minimum atomic E-state index is 0.150. The van der Waals surface area contributed by atoms with E-state index in [4.69, 9.17) is 9.97 Å². The van der Waals surface area contributed by atoms with Crippen molar-refractivity contribution in [1.29, 1.82) is 0 Å². The second kappa shape index (κ2) is 7.34. The fraction of sp³-hybridized carbons (Fsp3) is 0.286. The van der Waals surface area contributed by atoms with E-state index >= 15 is 0 Å².